The Kier molecular flexibility index (Phi) is 6.95. The van der Waals surface area contributed by atoms with Crippen LogP contribution in [-0.4, -0.2) is 42.3 Å². The van der Waals surface area contributed by atoms with Crippen LogP contribution in [0.2, 0.25) is 0 Å². The first-order valence-corrected chi connectivity index (χ1v) is 10.4. The van der Waals surface area contributed by atoms with Crippen LogP contribution in [0.5, 0.6) is 0 Å². The smallest absolute Gasteiger partial charge is 0.317 e. The first-order chi connectivity index (χ1) is 13.6. The lowest BCUT2D eigenvalue weighted by Gasteiger charge is -2.29. The molecule has 1 aliphatic heterocycles. The number of carbonyl (C=O) groups is 1. The second-order valence-electron chi connectivity index (χ2n) is 7.84. The Morgan fingerprint density at radius 3 is 2.57 bits per heavy atom. The highest BCUT2D eigenvalue weighted by Crippen LogP contribution is 2.34. The van der Waals surface area contributed by atoms with Crippen LogP contribution in [0.4, 0.5) is 10.7 Å². The topological polar surface area (TPSA) is 61.6 Å². The Morgan fingerprint density at radius 1 is 1.21 bits per heavy atom. The fourth-order valence-corrected chi connectivity index (χ4v) is 3.73. The molecule has 1 aliphatic rings. The quantitative estimate of drug-likeness (QED) is 0.762. The van der Waals surface area contributed by atoms with Crippen LogP contribution in [0.25, 0.3) is 11.3 Å². The molecule has 0 atom stereocenters. The van der Waals surface area contributed by atoms with E-state index in [0.717, 1.165) is 48.6 Å². The third-order valence-corrected chi connectivity index (χ3v) is 5.01. The maximum absolute atomic E-state index is 12.7. The average molecular weight is 385 g/mol. The number of hydrogen-bond acceptors (Lipinski definition) is 4. The number of rotatable bonds is 7. The summed E-state index contributed by atoms with van der Waals surface area (Å²) in [6, 6.07) is 10.0. The average Bonchev–Trinajstić information content (AvgIpc) is 3.12. The van der Waals surface area contributed by atoms with Crippen molar-refractivity contribution in [1.82, 2.24) is 15.4 Å². The molecule has 1 N–H and O–H groups in total. The maximum Gasteiger partial charge on any atom is 0.317 e. The number of anilines is 1. The molecule has 2 heterocycles. The van der Waals surface area contributed by atoms with Crippen molar-refractivity contribution in [1.29, 1.82) is 0 Å². The van der Waals surface area contributed by atoms with Gasteiger partial charge in [0.2, 0.25) is 5.88 Å². The molecule has 1 aromatic heterocycles. The van der Waals surface area contributed by atoms with Crippen LogP contribution in [-0.2, 0) is 6.54 Å². The van der Waals surface area contributed by atoms with E-state index in [-0.39, 0.29) is 6.03 Å². The van der Waals surface area contributed by atoms with Gasteiger partial charge < -0.3 is 19.6 Å². The largest absolute Gasteiger partial charge is 0.340 e. The lowest BCUT2D eigenvalue weighted by molar-refractivity contribution is 0.188. The third-order valence-electron chi connectivity index (χ3n) is 5.01. The molecular formula is C22H32N4O2. The van der Waals surface area contributed by atoms with Crippen molar-refractivity contribution in [3.63, 3.8) is 0 Å². The number of urea groups is 1. The summed E-state index contributed by atoms with van der Waals surface area (Å²) in [5.41, 5.74) is 2.85. The van der Waals surface area contributed by atoms with E-state index in [1.165, 1.54) is 6.42 Å². The van der Waals surface area contributed by atoms with E-state index in [1.807, 2.05) is 42.2 Å². The molecule has 2 aromatic rings. The van der Waals surface area contributed by atoms with E-state index < -0.39 is 0 Å². The number of piperidine rings is 1. The Morgan fingerprint density at radius 2 is 1.93 bits per heavy atom. The third kappa shape index (κ3) is 4.86. The molecule has 6 nitrogen and oxygen atoms in total. The number of nitrogens with zero attached hydrogens (tertiary/aromatic N) is 3. The Hall–Kier alpha value is -2.50. The molecule has 28 heavy (non-hydrogen) atoms. The Labute approximate surface area is 167 Å². The van der Waals surface area contributed by atoms with Gasteiger partial charge in [-0.05, 0) is 32.1 Å². The lowest BCUT2D eigenvalue weighted by Crippen LogP contribution is -2.41. The number of hydrogen-bond donors (Lipinski definition) is 1. The second-order valence-corrected chi connectivity index (χ2v) is 7.84. The van der Waals surface area contributed by atoms with Gasteiger partial charge in [0.05, 0.1) is 12.1 Å². The molecule has 0 radical (unpaired) electrons. The van der Waals surface area contributed by atoms with Crippen molar-refractivity contribution in [2.45, 2.75) is 46.6 Å². The van der Waals surface area contributed by atoms with Gasteiger partial charge in [0.25, 0.3) is 0 Å². The van der Waals surface area contributed by atoms with E-state index in [4.69, 9.17) is 4.52 Å². The van der Waals surface area contributed by atoms with Gasteiger partial charge in [-0.2, -0.15) is 0 Å². The van der Waals surface area contributed by atoms with E-state index in [9.17, 15) is 4.79 Å². The zero-order valence-corrected chi connectivity index (χ0v) is 17.3. The van der Waals surface area contributed by atoms with Crippen molar-refractivity contribution in [2.24, 2.45) is 5.92 Å². The second kappa shape index (κ2) is 9.62. The number of aromatic nitrogens is 1. The van der Waals surface area contributed by atoms with Gasteiger partial charge in [0, 0.05) is 31.7 Å². The minimum atomic E-state index is -0.0407. The summed E-state index contributed by atoms with van der Waals surface area (Å²) < 4.78 is 5.85. The van der Waals surface area contributed by atoms with Crippen molar-refractivity contribution in [3.05, 3.63) is 35.9 Å². The first kappa shape index (κ1) is 20.2. The number of amides is 2. The Bertz CT molecular complexity index is 751. The predicted octanol–water partition coefficient (Wildman–Crippen LogP) is 4.52. The SMILES string of the molecule is CCNC(=O)N(Cc1c(-c2ccccc2)noc1N1CCCCC1)CC(C)C. The highest BCUT2D eigenvalue weighted by molar-refractivity contribution is 5.75. The van der Waals surface area contributed by atoms with Crippen LogP contribution in [0.1, 0.15) is 45.6 Å². The highest BCUT2D eigenvalue weighted by Gasteiger charge is 2.27. The summed E-state index contributed by atoms with van der Waals surface area (Å²) in [6.07, 6.45) is 3.57. The zero-order chi connectivity index (χ0) is 19.9. The fraction of sp³-hybridized carbons (Fsp3) is 0.545. The molecule has 3 rings (SSSR count). The van der Waals surface area contributed by atoms with Crippen LogP contribution < -0.4 is 10.2 Å². The van der Waals surface area contributed by atoms with Gasteiger partial charge >= 0.3 is 6.03 Å². The summed E-state index contributed by atoms with van der Waals surface area (Å²) in [6.45, 7) is 9.94. The number of carbonyl (C=O) groups excluding carboxylic acids is 1. The standard InChI is InChI=1S/C22H32N4O2/c1-4-23-22(27)26(15-17(2)3)16-19-20(18-11-7-5-8-12-18)24-28-21(19)25-13-9-6-10-14-25/h5,7-8,11-12,17H,4,6,9-10,13-16H2,1-3H3,(H,23,27). The van der Waals surface area contributed by atoms with E-state index in [0.29, 0.717) is 25.6 Å². The zero-order valence-electron chi connectivity index (χ0n) is 17.3. The maximum atomic E-state index is 12.7. The molecule has 2 amide bonds. The molecule has 0 saturated carbocycles. The monoisotopic (exact) mass is 384 g/mol. The molecule has 0 spiro atoms. The molecule has 6 heteroatoms. The molecule has 0 bridgehead atoms. The van der Waals surface area contributed by atoms with Gasteiger partial charge in [-0.25, -0.2) is 4.79 Å². The Balaban J connectivity index is 1.97. The normalized spacial score (nSPS) is 14.4. The predicted molar refractivity (Wildman–Crippen MR) is 112 cm³/mol. The van der Waals surface area contributed by atoms with Crippen molar-refractivity contribution in [3.8, 4) is 11.3 Å². The van der Waals surface area contributed by atoms with E-state index in [2.05, 4.69) is 29.2 Å². The van der Waals surface area contributed by atoms with Crippen LogP contribution in [0, 0.1) is 5.92 Å². The number of nitrogens with one attached hydrogen (secondary N) is 1. The lowest BCUT2D eigenvalue weighted by atomic mass is 10.0. The van der Waals surface area contributed by atoms with Gasteiger partial charge in [0.1, 0.15) is 5.69 Å². The first-order valence-electron chi connectivity index (χ1n) is 10.4. The molecule has 1 saturated heterocycles. The van der Waals surface area contributed by atoms with Gasteiger partial charge in [-0.1, -0.05) is 49.3 Å². The van der Waals surface area contributed by atoms with Crippen molar-refractivity contribution < 1.29 is 9.32 Å². The molecule has 0 unspecified atom stereocenters. The minimum Gasteiger partial charge on any atom is -0.340 e. The molecule has 0 aliphatic carbocycles. The van der Waals surface area contributed by atoms with Crippen molar-refractivity contribution >= 4 is 11.9 Å². The molecule has 1 fully saturated rings. The summed E-state index contributed by atoms with van der Waals surface area (Å²) in [4.78, 5) is 16.8. The number of benzene rings is 1. The van der Waals surface area contributed by atoms with Gasteiger partial charge in [-0.15, -0.1) is 0 Å². The summed E-state index contributed by atoms with van der Waals surface area (Å²) in [5, 5.41) is 7.37. The van der Waals surface area contributed by atoms with E-state index in [1.54, 1.807) is 0 Å². The van der Waals surface area contributed by atoms with Gasteiger partial charge in [-0.3, -0.25) is 0 Å². The highest BCUT2D eigenvalue weighted by atomic mass is 16.5. The fourth-order valence-electron chi connectivity index (χ4n) is 3.73. The molecule has 1 aromatic carbocycles. The van der Waals surface area contributed by atoms with Crippen molar-refractivity contribution in [2.75, 3.05) is 31.1 Å². The summed E-state index contributed by atoms with van der Waals surface area (Å²) in [5.74, 6) is 1.19. The molecule has 152 valence electrons. The van der Waals surface area contributed by atoms with Crippen LogP contribution >= 0.6 is 0 Å². The van der Waals surface area contributed by atoms with Gasteiger partial charge in [0.15, 0.2) is 0 Å². The minimum absolute atomic E-state index is 0.0407. The van der Waals surface area contributed by atoms with Crippen LogP contribution in [0.3, 0.4) is 0 Å². The van der Waals surface area contributed by atoms with E-state index >= 15 is 0 Å². The summed E-state index contributed by atoms with van der Waals surface area (Å²) in [7, 11) is 0. The summed E-state index contributed by atoms with van der Waals surface area (Å²) >= 11 is 0. The molecular weight excluding hydrogens is 352 g/mol. The van der Waals surface area contributed by atoms with Crippen LogP contribution in [0.15, 0.2) is 34.9 Å².